The number of imidazole rings is 1. The molecule has 28 heavy (non-hydrogen) atoms. The maximum atomic E-state index is 13.0. The molecule has 0 radical (unpaired) electrons. The van der Waals surface area contributed by atoms with Crippen molar-refractivity contribution >= 4 is 5.91 Å². The fourth-order valence-corrected chi connectivity index (χ4v) is 3.59. The molecule has 1 aliphatic rings. The zero-order valence-electron chi connectivity index (χ0n) is 16.0. The minimum atomic E-state index is -0.294. The Bertz CT molecular complexity index is 998. The number of hydrogen-bond donors (Lipinski definition) is 0. The molecule has 0 saturated carbocycles. The first-order valence-corrected chi connectivity index (χ1v) is 9.35. The highest BCUT2D eigenvalue weighted by atomic mass is 19.1. The van der Waals surface area contributed by atoms with Crippen LogP contribution in [0.25, 0.3) is 11.5 Å². The third-order valence-corrected chi connectivity index (χ3v) is 5.10. The summed E-state index contributed by atoms with van der Waals surface area (Å²) in [6, 6.07) is 8.01. The number of halogens is 1. The van der Waals surface area contributed by atoms with Gasteiger partial charge in [0, 0.05) is 44.1 Å². The van der Waals surface area contributed by atoms with Gasteiger partial charge >= 0.3 is 0 Å². The highest BCUT2D eigenvalue weighted by Crippen LogP contribution is 2.27. The van der Waals surface area contributed by atoms with Crippen LogP contribution < -0.4 is 0 Å². The molecule has 1 amide bonds. The Kier molecular flexibility index (Phi) is 4.90. The van der Waals surface area contributed by atoms with Gasteiger partial charge in [-0.25, -0.2) is 19.3 Å². The fourth-order valence-electron chi connectivity index (χ4n) is 3.59. The van der Waals surface area contributed by atoms with Gasteiger partial charge in [-0.3, -0.25) is 4.79 Å². The Morgan fingerprint density at radius 2 is 2.04 bits per heavy atom. The first-order chi connectivity index (χ1) is 13.5. The van der Waals surface area contributed by atoms with E-state index in [2.05, 4.69) is 9.97 Å². The van der Waals surface area contributed by atoms with E-state index >= 15 is 0 Å². The summed E-state index contributed by atoms with van der Waals surface area (Å²) in [6.07, 6.45) is 4.74. The van der Waals surface area contributed by atoms with Crippen molar-refractivity contribution in [2.75, 3.05) is 13.1 Å². The second-order valence-corrected chi connectivity index (χ2v) is 7.24. The Labute approximate surface area is 163 Å². The van der Waals surface area contributed by atoms with E-state index in [-0.39, 0.29) is 24.1 Å². The van der Waals surface area contributed by atoms with Crippen LogP contribution in [-0.4, -0.2) is 43.4 Å². The Morgan fingerprint density at radius 3 is 2.75 bits per heavy atom. The van der Waals surface area contributed by atoms with Gasteiger partial charge < -0.3 is 9.47 Å². The van der Waals surface area contributed by atoms with Crippen molar-refractivity contribution in [3.05, 3.63) is 65.6 Å². The number of aromatic nitrogens is 4. The molecule has 1 aromatic carbocycles. The molecule has 2 aromatic heterocycles. The van der Waals surface area contributed by atoms with Crippen molar-refractivity contribution in [1.82, 2.24) is 24.4 Å². The topological polar surface area (TPSA) is 63.9 Å². The van der Waals surface area contributed by atoms with Crippen LogP contribution in [0, 0.1) is 12.7 Å². The van der Waals surface area contributed by atoms with Crippen LogP contribution >= 0.6 is 0 Å². The Morgan fingerprint density at radius 1 is 1.25 bits per heavy atom. The maximum absolute atomic E-state index is 13.0. The summed E-state index contributed by atoms with van der Waals surface area (Å²) in [5.74, 6) is 1.42. The van der Waals surface area contributed by atoms with Gasteiger partial charge in [0.05, 0.1) is 6.42 Å². The number of nitrogens with zero attached hydrogens (tertiary/aromatic N) is 5. The normalized spacial score (nSPS) is 16.5. The minimum absolute atomic E-state index is 0.0473. The monoisotopic (exact) mass is 379 g/mol. The first-order valence-electron chi connectivity index (χ1n) is 9.35. The summed E-state index contributed by atoms with van der Waals surface area (Å²) in [6.45, 7) is 3.23. The average molecular weight is 379 g/mol. The molecule has 3 heterocycles. The van der Waals surface area contributed by atoms with Gasteiger partial charge in [0.2, 0.25) is 5.91 Å². The summed E-state index contributed by atoms with van der Waals surface area (Å²) >= 11 is 0. The summed E-state index contributed by atoms with van der Waals surface area (Å²) in [7, 11) is 1.94. The van der Waals surface area contributed by atoms with Crippen LogP contribution in [0.5, 0.6) is 0 Å². The third-order valence-electron chi connectivity index (χ3n) is 5.10. The van der Waals surface area contributed by atoms with Gasteiger partial charge in [-0.2, -0.15) is 0 Å². The van der Waals surface area contributed by atoms with Crippen LogP contribution in [0.2, 0.25) is 0 Å². The number of rotatable bonds is 4. The minimum Gasteiger partial charge on any atom is -0.342 e. The number of likely N-dealkylation sites (tertiary alicyclic amines) is 1. The van der Waals surface area contributed by atoms with Gasteiger partial charge in [-0.1, -0.05) is 12.1 Å². The number of aryl methyl sites for hydroxylation is 2. The zero-order valence-corrected chi connectivity index (χ0v) is 16.0. The van der Waals surface area contributed by atoms with Gasteiger partial charge in [0.1, 0.15) is 17.3 Å². The lowest BCUT2D eigenvalue weighted by atomic mass is 10.1. The quantitative estimate of drug-likeness (QED) is 0.699. The van der Waals surface area contributed by atoms with Gasteiger partial charge in [0.15, 0.2) is 5.82 Å². The molecule has 0 bridgehead atoms. The highest BCUT2D eigenvalue weighted by Gasteiger charge is 2.29. The number of amides is 1. The third kappa shape index (κ3) is 3.78. The lowest BCUT2D eigenvalue weighted by Crippen LogP contribution is -2.30. The first kappa shape index (κ1) is 18.3. The van der Waals surface area contributed by atoms with E-state index in [9.17, 15) is 9.18 Å². The molecular weight excluding hydrogens is 357 g/mol. The van der Waals surface area contributed by atoms with Crippen molar-refractivity contribution in [3.63, 3.8) is 0 Å². The summed E-state index contributed by atoms with van der Waals surface area (Å²) in [5.41, 5.74) is 2.50. The SMILES string of the molecule is Cc1cc(-c2nccn2C)nc([C@@H]2CCN(C(=O)Cc3ccc(F)cc3)C2)n1. The van der Waals surface area contributed by atoms with E-state index in [0.717, 1.165) is 35.0 Å². The molecule has 0 unspecified atom stereocenters. The molecule has 1 aliphatic heterocycles. The number of hydrogen-bond acceptors (Lipinski definition) is 4. The molecular formula is C21H22FN5O. The zero-order chi connectivity index (χ0) is 19.7. The van der Waals surface area contributed by atoms with E-state index in [0.29, 0.717) is 13.1 Å². The second-order valence-electron chi connectivity index (χ2n) is 7.24. The van der Waals surface area contributed by atoms with Crippen molar-refractivity contribution in [2.24, 2.45) is 7.05 Å². The molecule has 6 nitrogen and oxygen atoms in total. The fraction of sp³-hybridized carbons (Fsp3) is 0.333. The molecule has 0 spiro atoms. The summed E-state index contributed by atoms with van der Waals surface area (Å²) < 4.78 is 15.0. The van der Waals surface area contributed by atoms with Crippen LogP contribution in [0.3, 0.4) is 0 Å². The van der Waals surface area contributed by atoms with Gasteiger partial charge in [-0.15, -0.1) is 0 Å². The lowest BCUT2D eigenvalue weighted by molar-refractivity contribution is -0.129. The van der Waals surface area contributed by atoms with Crippen LogP contribution in [0.15, 0.2) is 42.7 Å². The molecule has 1 saturated heterocycles. The average Bonchev–Trinajstić information content (AvgIpc) is 3.32. The number of benzene rings is 1. The van der Waals surface area contributed by atoms with Crippen molar-refractivity contribution in [2.45, 2.75) is 25.7 Å². The Hall–Kier alpha value is -3.09. The predicted molar refractivity (Wildman–Crippen MR) is 103 cm³/mol. The summed E-state index contributed by atoms with van der Waals surface area (Å²) in [4.78, 5) is 28.2. The van der Waals surface area contributed by atoms with Crippen molar-refractivity contribution < 1.29 is 9.18 Å². The van der Waals surface area contributed by atoms with E-state index in [1.807, 2.05) is 35.7 Å². The Balaban J connectivity index is 1.48. The maximum Gasteiger partial charge on any atom is 0.227 e. The second kappa shape index (κ2) is 7.50. The van der Waals surface area contributed by atoms with E-state index in [4.69, 9.17) is 4.98 Å². The molecule has 4 rings (SSSR count). The molecule has 1 fully saturated rings. The molecule has 3 aromatic rings. The van der Waals surface area contributed by atoms with Crippen LogP contribution in [-0.2, 0) is 18.3 Å². The number of carbonyl (C=O) groups excluding carboxylic acids is 1. The van der Waals surface area contributed by atoms with Gasteiger partial charge in [0.25, 0.3) is 0 Å². The van der Waals surface area contributed by atoms with Gasteiger partial charge in [-0.05, 0) is 37.1 Å². The lowest BCUT2D eigenvalue weighted by Gasteiger charge is -2.17. The molecule has 0 aliphatic carbocycles. The van der Waals surface area contributed by atoms with E-state index < -0.39 is 0 Å². The van der Waals surface area contributed by atoms with Crippen LogP contribution in [0.1, 0.15) is 29.4 Å². The largest absolute Gasteiger partial charge is 0.342 e. The van der Waals surface area contributed by atoms with Crippen LogP contribution in [0.4, 0.5) is 4.39 Å². The molecule has 1 atom stereocenters. The van der Waals surface area contributed by atoms with E-state index in [1.54, 1.807) is 18.3 Å². The highest BCUT2D eigenvalue weighted by molar-refractivity contribution is 5.79. The van der Waals surface area contributed by atoms with Crippen molar-refractivity contribution in [1.29, 1.82) is 0 Å². The molecule has 7 heteroatoms. The molecule has 0 N–H and O–H groups in total. The predicted octanol–water partition coefficient (Wildman–Crippen LogP) is 2.88. The van der Waals surface area contributed by atoms with Crippen molar-refractivity contribution in [3.8, 4) is 11.5 Å². The standard InChI is InChI=1S/C21H22FN5O/c1-14-11-18(21-23-8-10-26(21)2)25-20(24-14)16-7-9-27(13-16)19(28)12-15-3-5-17(22)6-4-15/h3-6,8,10-11,16H,7,9,12-13H2,1-2H3/t16-/m1/s1. The smallest absolute Gasteiger partial charge is 0.227 e. The summed E-state index contributed by atoms with van der Waals surface area (Å²) in [5, 5.41) is 0. The number of carbonyl (C=O) groups is 1. The van der Waals surface area contributed by atoms with E-state index in [1.165, 1.54) is 12.1 Å². The molecule has 144 valence electrons.